The molecule has 1 amide bonds. The molecule has 1 aromatic heterocycles. The molecular formula is C11H15ClN2OS. The number of carbonyl (C=O) groups excluding carboxylic acids is 1. The maximum Gasteiger partial charge on any atom is 0.270 e. The van der Waals surface area contributed by atoms with Crippen molar-refractivity contribution in [2.75, 3.05) is 12.0 Å². The minimum Gasteiger partial charge on any atom is -0.347 e. The first-order valence-corrected chi connectivity index (χ1v) is 6.87. The van der Waals surface area contributed by atoms with Crippen molar-refractivity contribution in [1.29, 1.82) is 0 Å². The predicted octanol–water partition coefficient (Wildman–Crippen LogP) is 2.61. The molecule has 16 heavy (non-hydrogen) atoms. The van der Waals surface area contributed by atoms with E-state index >= 15 is 0 Å². The van der Waals surface area contributed by atoms with E-state index in [9.17, 15) is 4.79 Å². The monoisotopic (exact) mass is 258 g/mol. The van der Waals surface area contributed by atoms with Crippen LogP contribution in [0.25, 0.3) is 0 Å². The molecule has 88 valence electrons. The van der Waals surface area contributed by atoms with E-state index in [-0.39, 0.29) is 11.9 Å². The molecule has 1 rings (SSSR count). The number of amides is 1. The second-order valence-corrected chi connectivity index (χ2v) is 4.68. The van der Waals surface area contributed by atoms with Gasteiger partial charge >= 0.3 is 0 Å². The number of carbonyl (C=O) groups is 1. The Morgan fingerprint density at radius 2 is 2.38 bits per heavy atom. The van der Waals surface area contributed by atoms with Crippen LogP contribution < -0.4 is 5.32 Å². The molecule has 0 aromatic carbocycles. The van der Waals surface area contributed by atoms with Crippen molar-refractivity contribution >= 4 is 29.3 Å². The number of nitrogens with zero attached hydrogens (tertiary/aromatic N) is 1. The van der Waals surface area contributed by atoms with E-state index in [0.717, 1.165) is 12.2 Å². The highest BCUT2D eigenvalue weighted by molar-refractivity contribution is 7.98. The summed E-state index contributed by atoms with van der Waals surface area (Å²) in [7, 11) is 0. The van der Waals surface area contributed by atoms with E-state index in [2.05, 4.69) is 10.3 Å². The third-order valence-electron chi connectivity index (χ3n) is 2.14. The van der Waals surface area contributed by atoms with Gasteiger partial charge in [-0.25, -0.2) is 4.98 Å². The zero-order valence-electron chi connectivity index (χ0n) is 9.37. The van der Waals surface area contributed by atoms with Gasteiger partial charge in [-0.3, -0.25) is 4.79 Å². The van der Waals surface area contributed by atoms with Crippen molar-refractivity contribution in [2.45, 2.75) is 19.4 Å². The standard InChI is InChI=1S/C11H15ClN2OS/c1-3-8(7-16-2)13-11(15)9-5-4-6-10(12)14-9/h4-6,8H,3,7H2,1-2H3,(H,13,15). The fourth-order valence-corrected chi connectivity index (χ4v) is 2.14. The van der Waals surface area contributed by atoms with Crippen molar-refractivity contribution in [3.05, 3.63) is 29.0 Å². The van der Waals surface area contributed by atoms with Gasteiger partial charge in [-0.1, -0.05) is 24.6 Å². The van der Waals surface area contributed by atoms with E-state index in [1.165, 1.54) is 0 Å². The van der Waals surface area contributed by atoms with E-state index < -0.39 is 0 Å². The maximum atomic E-state index is 11.8. The van der Waals surface area contributed by atoms with Crippen LogP contribution in [-0.2, 0) is 0 Å². The first-order valence-electron chi connectivity index (χ1n) is 5.09. The lowest BCUT2D eigenvalue weighted by Crippen LogP contribution is -2.36. The molecule has 0 fully saturated rings. The summed E-state index contributed by atoms with van der Waals surface area (Å²) in [5, 5.41) is 3.27. The van der Waals surface area contributed by atoms with Gasteiger partial charge in [-0.05, 0) is 24.8 Å². The zero-order valence-corrected chi connectivity index (χ0v) is 10.9. The lowest BCUT2D eigenvalue weighted by Gasteiger charge is -2.15. The van der Waals surface area contributed by atoms with Crippen molar-refractivity contribution in [1.82, 2.24) is 10.3 Å². The smallest absolute Gasteiger partial charge is 0.270 e. The van der Waals surface area contributed by atoms with Crippen LogP contribution in [0.2, 0.25) is 5.15 Å². The summed E-state index contributed by atoms with van der Waals surface area (Å²) in [6, 6.07) is 5.22. The van der Waals surface area contributed by atoms with Crippen LogP contribution in [0.5, 0.6) is 0 Å². The average Bonchev–Trinajstić information content (AvgIpc) is 2.28. The van der Waals surface area contributed by atoms with Gasteiger partial charge in [0.1, 0.15) is 10.8 Å². The molecule has 0 aliphatic carbocycles. The molecule has 1 unspecified atom stereocenters. The van der Waals surface area contributed by atoms with Gasteiger partial charge in [-0.2, -0.15) is 11.8 Å². The molecule has 0 radical (unpaired) electrons. The Balaban J connectivity index is 2.64. The number of aromatic nitrogens is 1. The third-order valence-corrected chi connectivity index (χ3v) is 3.09. The normalized spacial score (nSPS) is 12.2. The highest BCUT2D eigenvalue weighted by atomic mass is 35.5. The average molecular weight is 259 g/mol. The number of halogens is 1. The van der Waals surface area contributed by atoms with Crippen LogP contribution in [0.3, 0.4) is 0 Å². The number of pyridine rings is 1. The van der Waals surface area contributed by atoms with E-state index in [0.29, 0.717) is 10.8 Å². The molecule has 1 N–H and O–H groups in total. The molecule has 0 saturated carbocycles. The quantitative estimate of drug-likeness (QED) is 0.826. The Labute approximate surface area is 105 Å². The Bertz CT molecular complexity index is 360. The molecule has 0 saturated heterocycles. The fraction of sp³-hybridized carbons (Fsp3) is 0.455. The highest BCUT2D eigenvalue weighted by Crippen LogP contribution is 2.06. The number of thioether (sulfide) groups is 1. The second kappa shape index (κ2) is 6.76. The first-order chi connectivity index (χ1) is 7.67. The lowest BCUT2D eigenvalue weighted by molar-refractivity contribution is 0.0935. The summed E-state index contributed by atoms with van der Waals surface area (Å²) >= 11 is 7.44. The first kappa shape index (κ1) is 13.3. The summed E-state index contributed by atoms with van der Waals surface area (Å²) in [5.41, 5.74) is 0.368. The summed E-state index contributed by atoms with van der Waals surface area (Å²) in [6.45, 7) is 2.05. The van der Waals surface area contributed by atoms with Gasteiger partial charge in [-0.15, -0.1) is 0 Å². The Kier molecular flexibility index (Phi) is 5.63. The van der Waals surface area contributed by atoms with Crippen LogP contribution in [0.4, 0.5) is 0 Å². The lowest BCUT2D eigenvalue weighted by atomic mass is 10.2. The summed E-state index contributed by atoms with van der Waals surface area (Å²) in [4.78, 5) is 15.8. The molecule has 1 heterocycles. The second-order valence-electron chi connectivity index (χ2n) is 3.38. The predicted molar refractivity (Wildman–Crippen MR) is 69.2 cm³/mol. The van der Waals surface area contributed by atoms with Crippen LogP contribution in [0, 0.1) is 0 Å². The van der Waals surface area contributed by atoms with Crippen molar-refractivity contribution in [2.24, 2.45) is 0 Å². The van der Waals surface area contributed by atoms with Gasteiger partial charge in [0, 0.05) is 11.8 Å². The number of hydrogen-bond acceptors (Lipinski definition) is 3. The Morgan fingerprint density at radius 3 is 2.94 bits per heavy atom. The van der Waals surface area contributed by atoms with Crippen LogP contribution in [0.1, 0.15) is 23.8 Å². The maximum absolute atomic E-state index is 11.8. The Morgan fingerprint density at radius 1 is 1.62 bits per heavy atom. The van der Waals surface area contributed by atoms with Crippen LogP contribution in [0.15, 0.2) is 18.2 Å². The van der Waals surface area contributed by atoms with Crippen molar-refractivity contribution < 1.29 is 4.79 Å². The van der Waals surface area contributed by atoms with Crippen molar-refractivity contribution in [3.8, 4) is 0 Å². The molecular weight excluding hydrogens is 244 g/mol. The molecule has 3 nitrogen and oxygen atoms in total. The van der Waals surface area contributed by atoms with Gasteiger partial charge in [0.15, 0.2) is 0 Å². The van der Waals surface area contributed by atoms with Gasteiger partial charge in [0.2, 0.25) is 0 Å². The molecule has 0 aliphatic rings. The topological polar surface area (TPSA) is 42.0 Å². The Hall–Kier alpha value is -0.740. The summed E-state index contributed by atoms with van der Waals surface area (Å²) in [6.07, 6.45) is 2.93. The van der Waals surface area contributed by atoms with E-state index in [1.54, 1.807) is 30.0 Å². The number of nitrogens with one attached hydrogen (secondary N) is 1. The summed E-state index contributed by atoms with van der Waals surface area (Å²) in [5.74, 6) is 0.742. The van der Waals surface area contributed by atoms with Gasteiger partial charge in [0.05, 0.1) is 0 Å². The molecule has 1 atom stereocenters. The molecule has 5 heteroatoms. The molecule has 1 aromatic rings. The zero-order chi connectivity index (χ0) is 12.0. The third kappa shape index (κ3) is 4.02. The highest BCUT2D eigenvalue weighted by Gasteiger charge is 2.12. The number of rotatable bonds is 5. The van der Waals surface area contributed by atoms with E-state index in [1.807, 2.05) is 13.2 Å². The van der Waals surface area contributed by atoms with Crippen molar-refractivity contribution in [3.63, 3.8) is 0 Å². The van der Waals surface area contributed by atoms with E-state index in [4.69, 9.17) is 11.6 Å². The van der Waals surface area contributed by atoms with Gasteiger partial charge in [0.25, 0.3) is 5.91 Å². The number of hydrogen-bond donors (Lipinski definition) is 1. The summed E-state index contributed by atoms with van der Waals surface area (Å²) < 4.78 is 0. The van der Waals surface area contributed by atoms with Crippen LogP contribution in [-0.4, -0.2) is 28.9 Å². The molecule has 0 spiro atoms. The van der Waals surface area contributed by atoms with Crippen LogP contribution >= 0.6 is 23.4 Å². The van der Waals surface area contributed by atoms with Gasteiger partial charge < -0.3 is 5.32 Å². The molecule has 0 aliphatic heterocycles. The fourth-order valence-electron chi connectivity index (χ4n) is 1.26. The minimum absolute atomic E-state index is 0.164. The SMILES string of the molecule is CCC(CSC)NC(=O)c1cccc(Cl)n1. The molecule has 0 bridgehead atoms. The minimum atomic E-state index is -0.164. The largest absolute Gasteiger partial charge is 0.347 e.